The van der Waals surface area contributed by atoms with Crippen LogP contribution < -0.4 is 12.3 Å². The Labute approximate surface area is 164 Å². The monoisotopic (exact) mass is 416 g/mol. The Balaban J connectivity index is -0.0000000948. The van der Waals surface area contributed by atoms with Crippen LogP contribution in [0.4, 0.5) is 0 Å². The van der Waals surface area contributed by atoms with Gasteiger partial charge in [-0.15, -0.1) is 0 Å². The zero-order valence-corrected chi connectivity index (χ0v) is 16.4. The topological polar surface area (TPSA) is 252 Å². The summed E-state index contributed by atoms with van der Waals surface area (Å²) in [4.78, 5) is 29.8. The highest BCUT2D eigenvalue weighted by Crippen LogP contribution is 2.11. The number of aliphatic hydroxyl groups is 4. The van der Waals surface area contributed by atoms with E-state index in [0.717, 1.165) is 6.08 Å². The summed E-state index contributed by atoms with van der Waals surface area (Å²) in [5, 5.41) is 50.4. The van der Waals surface area contributed by atoms with Gasteiger partial charge in [-0.1, -0.05) is 13.0 Å². The molecular weight excluding hydrogens is 380 g/mol. The highest BCUT2D eigenvalue weighted by molar-refractivity contribution is 5.80. The summed E-state index contributed by atoms with van der Waals surface area (Å²) in [6.45, 7) is 1.53. The van der Waals surface area contributed by atoms with E-state index >= 15 is 0 Å². The molecule has 12 heteroatoms. The van der Waals surface area contributed by atoms with Gasteiger partial charge < -0.3 is 47.7 Å². The van der Waals surface area contributed by atoms with Crippen LogP contribution in [0, 0.1) is 5.41 Å². The lowest BCUT2D eigenvalue weighted by molar-refractivity contribution is -0.137. The maximum atomic E-state index is 9.98. The number of carboxylic acids is 2. The van der Waals surface area contributed by atoms with Crippen molar-refractivity contribution in [2.45, 2.75) is 32.1 Å². The van der Waals surface area contributed by atoms with E-state index in [-0.39, 0.29) is 25.1 Å². The van der Waals surface area contributed by atoms with Crippen molar-refractivity contribution in [3.05, 3.63) is 12.7 Å². The van der Waals surface area contributed by atoms with E-state index in [2.05, 4.69) is 11.3 Å². The number of hydrogen-bond donors (Lipinski definition) is 8. The number of ether oxygens (including phenoxy) is 1. The van der Waals surface area contributed by atoms with E-state index < -0.39 is 49.8 Å². The largest absolute Gasteiger partial charge is 0.481 e. The van der Waals surface area contributed by atoms with Gasteiger partial charge in [0.2, 0.25) is 0 Å². The summed E-state index contributed by atoms with van der Waals surface area (Å²) >= 11 is 0. The number of rotatable bonds is 11. The van der Waals surface area contributed by atoms with Crippen LogP contribution in [0.5, 0.6) is 0 Å². The van der Waals surface area contributed by atoms with E-state index in [0.29, 0.717) is 19.3 Å². The fraction of sp³-hybridized carbons (Fsp3) is 0.688. The third-order valence-corrected chi connectivity index (χ3v) is 2.99. The van der Waals surface area contributed by atoms with Gasteiger partial charge in [0.25, 0.3) is 0 Å². The molecule has 0 heterocycles. The first-order valence-electron chi connectivity index (χ1n) is 7.76. The summed E-state index contributed by atoms with van der Waals surface area (Å²) in [6, 6.07) is 0. The minimum atomic E-state index is -1.11. The maximum absolute atomic E-state index is 9.98. The molecule has 0 radical (unpaired) electrons. The Hall–Kier alpha value is -2.09. The molecule has 0 aromatic heterocycles. The fourth-order valence-electron chi connectivity index (χ4n) is 1.11. The molecule has 0 saturated heterocycles. The second-order valence-corrected chi connectivity index (χ2v) is 5.21. The van der Waals surface area contributed by atoms with Gasteiger partial charge in [-0.25, -0.2) is 4.79 Å². The number of hydrogen-bond acceptors (Lipinski definition) is 10. The maximum Gasteiger partial charge on any atom is 0.329 e. The van der Waals surface area contributed by atoms with Crippen LogP contribution in [0.2, 0.25) is 0 Å². The molecule has 0 aliphatic rings. The highest BCUT2D eigenvalue weighted by atomic mass is 16.5. The van der Waals surface area contributed by atoms with Crippen LogP contribution in [0.3, 0.4) is 0 Å². The zero-order chi connectivity index (χ0) is 21.0. The molecule has 0 atom stereocenters. The Morgan fingerprint density at radius 3 is 1.25 bits per heavy atom. The van der Waals surface area contributed by atoms with Gasteiger partial charge in [0.15, 0.2) is 0 Å². The van der Waals surface area contributed by atoms with Gasteiger partial charge >= 0.3 is 17.9 Å². The molecule has 12 nitrogen and oxygen atoms in total. The lowest BCUT2D eigenvalue weighted by Crippen LogP contribution is -2.37. The van der Waals surface area contributed by atoms with Crippen molar-refractivity contribution in [3.8, 4) is 0 Å². The van der Waals surface area contributed by atoms with E-state index in [4.69, 9.17) is 30.6 Å². The number of carbonyl (C=O) groups is 3. The average Bonchev–Trinajstić information content (AvgIpc) is 2.63. The minimum absolute atomic E-state index is 0. The lowest BCUT2D eigenvalue weighted by atomic mass is 9.93. The number of methoxy groups -OCH3 is 1. The molecule has 0 fully saturated rings. The van der Waals surface area contributed by atoms with E-state index in [1.807, 2.05) is 0 Å². The SMILES string of the molecule is C=CC(=O)OC.N.N.O=C(O)CCCCCC(=O)O.OCC(CO)(CO)CO. The number of aliphatic hydroxyl groups excluding tert-OH is 4. The molecule has 170 valence electrons. The van der Waals surface area contributed by atoms with Gasteiger partial charge in [-0.3, -0.25) is 9.59 Å². The van der Waals surface area contributed by atoms with Crippen LogP contribution in [0.25, 0.3) is 0 Å². The van der Waals surface area contributed by atoms with Gasteiger partial charge in [0.05, 0.1) is 39.0 Å². The van der Waals surface area contributed by atoms with E-state index in [1.54, 1.807) is 0 Å². The first kappa shape index (κ1) is 36.8. The molecule has 28 heavy (non-hydrogen) atoms. The van der Waals surface area contributed by atoms with Crippen LogP contribution in [0.1, 0.15) is 32.1 Å². The number of carbonyl (C=O) groups excluding carboxylic acids is 1. The quantitative estimate of drug-likeness (QED) is 0.123. The average molecular weight is 416 g/mol. The molecule has 0 unspecified atom stereocenters. The number of carboxylic acid groups (broad SMARTS) is 2. The van der Waals surface area contributed by atoms with Crippen molar-refractivity contribution in [3.63, 3.8) is 0 Å². The first-order chi connectivity index (χ1) is 12.2. The Morgan fingerprint density at radius 1 is 0.821 bits per heavy atom. The molecule has 0 aliphatic carbocycles. The minimum Gasteiger partial charge on any atom is -0.481 e. The van der Waals surface area contributed by atoms with Crippen LogP contribution in [-0.4, -0.2) is 82.1 Å². The second kappa shape index (κ2) is 24.9. The van der Waals surface area contributed by atoms with Crippen molar-refractivity contribution in [1.29, 1.82) is 0 Å². The molecule has 0 aromatic rings. The number of unbranched alkanes of at least 4 members (excludes halogenated alkanes) is 2. The molecule has 0 amide bonds. The number of aliphatic carboxylic acids is 2. The highest BCUT2D eigenvalue weighted by Gasteiger charge is 2.26. The van der Waals surface area contributed by atoms with E-state index in [9.17, 15) is 14.4 Å². The molecule has 0 spiro atoms. The van der Waals surface area contributed by atoms with Gasteiger partial charge in [0, 0.05) is 18.9 Å². The Morgan fingerprint density at radius 2 is 1.14 bits per heavy atom. The molecule has 0 rings (SSSR count). The van der Waals surface area contributed by atoms with E-state index in [1.165, 1.54) is 7.11 Å². The smallest absolute Gasteiger partial charge is 0.329 e. The predicted octanol–water partition coefficient (Wildman–Crippen LogP) is -0.283. The van der Waals surface area contributed by atoms with Crippen molar-refractivity contribution in [2.75, 3.05) is 33.5 Å². The Kier molecular flexibility index (Phi) is 32.7. The van der Waals surface area contributed by atoms with Crippen LogP contribution in [0.15, 0.2) is 12.7 Å². The van der Waals surface area contributed by atoms with Crippen molar-refractivity contribution in [2.24, 2.45) is 5.41 Å². The fourth-order valence-corrected chi connectivity index (χ4v) is 1.11. The van der Waals surface area contributed by atoms with Gasteiger partial charge in [0.1, 0.15) is 0 Å². The molecule has 0 aliphatic heterocycles. The first-order valence-corrected chi connectivity index (χ1v) is 7.76. The van der Waals surface area contributed by atoms with Crippen molar-refractivity contribution in [1.82, 2.24) is 12.3 Å². The molecule has 0 bridgehead atoms. The third kappa shape index (κ3) is 26.1. The van der Waals surface area contributed by atoms with Crippen molar-refractivity contribution < 1.29 is 49.8 Å². The van der Waals surface area contributed by atoms with Crippen LogP contribution >= 0.6 is 0 Å². The van der Waals surface area contributed by atoms with Gasteiger partial charge in [-0.2, -0.15) is 0 Å². The van der Waals surface area contributed by atoms with Crippen molar-refractivity contribution >= 4 is 17.9 Å². The van der Waals surface area contributed by atoms with Gasteiger partial charge in [-0.05, 0) is 12.8 Å². The number of esters is 1. The summed E-state index contributed by atoms with van der Waals surface area (Å²) in [6.07, 6.45) is 3.21. The molecule has 0 aromatic carbocycles. The zero-order valence-electron chi connectivity index (χ0n) is 16.4. The summed E-state index contributed by atoms with van der Waals surface area (Å²) in [5.41, 5.74) is -1.11. The molecule has 12 N–H and O–H groups in total. The lowest BCUT2D eigenvalue weighted by Gasteiger charge is -2.23. The summed E-state index contributed by atoms with van der Waals surface area (Å²) < 4.78 is 4.14. The Bertz CT molecular complexity index is 367. The molecular formula is C16H36N2O10. The van der Waals surface area contributed by atoms with Crippen LogP contribution in [-0.2, 0) is 19.1 Å². The second-order valence-electron chi connectivity index (χ2n) is 5.21. The third-order valence-electron chi connectivity index (χ3n) is 2.99. The summed E-state index contributed by atoms with van der Waals surface area (Å²) in [7, 11) is 1.31. The molecule has 0 saturated carbocycles. The predicted molar refractivity (Wildman–Crippen MR) is 101 cm³/mol. The summed E-state index contributed by atoms with van der Waals surface area (Å²) in [5.74, 6) is -2.03. The normalized spacial score (nSPS) is 9.04. The standard InChI is InChI=1S/C7H12O4.C5H12O4.C4H6O2.2H3N/c8-6(9)4-2-1-3-5-7(10)11;6-1-5(2-7,3-8)4-9;1-3-4(5)6-2;;/h1-5H2,(H,8,9)(H,10,11);6-9H,1-4H2;3H,1H2,2H3;2*1H3.